The van der Waals surface area contributed by atoms with Gasteiger partial charge in [0.2, 0.25) is 11.9 Å². The Morgan fingerprint density at radius 2 is 1.84 bits per heavy atom. The van der Waals surface area contributed by atoms with Gasteiger partial charge in [-0.2, -0.15) is 0 Å². The Balaban J connectivity index is 1.42. The van der Waals surface area contributed by atoms with Crippen molar-refractivity contribution in [3.05, 3.63) is 60.7 Å². The van der Waals surface area contributed by atoms with Crippen molar-refractivity contribution in [2.45, 2.75) is 12.8 Å². The topological polar surface area (TPSA) is 75.9 Å². The summed E-state index contributed by atoms with van der Waals surface area (Å²) in [6, 6.07) is 20.5. The molecule has 7 nitrogen and oxygen atoms in total. The summed E-state index contributed by atoms with van der Waals surface area (Å²) in [4.78, 5) is 19.0. The number of nitrogens with one attached hydrogen (secondary N) is 1. The predicted octanol–water partition coefficient (Wildman–Crippen LogP) is 3.41. The molecule has 160 valence electrons. The monoisotopic (exact) mass is 424 g/mol. The number of carbonyl (C=O) groups excluding carboxylic acids is 1. The van der Waals surface area contributed by atoms with Gasteiger partial charge in [0.25, 0.3) is 0 Å². The molecule has 1 N–H and O–H groups in total. The lowest BCUT2D eigenvalue weighted by atomic mass is 9.86. The van der Waals surface area contributed by atoms with Crippen LogP contribution in [0.4, 0.5) is 5.95 Å². The van der Waals surface area contributed by atoms with Crippen LogP contribution in [0.5, 0.6) is 0 Å². The van der Waals surface area contributed by atoms with Gasteiger partial charge in [-0.1, -0.05) is 48.5 Å². The van der Waals surface area contributed by atoms with E-state index in [1.165, 1.54) is 0 Å². The van der Waals surface area contributed by atoms with Crippen LogP contribution in [0.1, 0.15) is 12.8 Å². The molecule has 32 heavy (non-hydrogen) atoms. The molecular weight excluding hydrogens is 400 g/mol. The van der Waals surface area contributed by atoms with E-state index in [0.717, 1.165) is 65.6 Å². The van der Waals surface area contributed by atoms with Crippen molar-refractivity contribution in [2.75, 3.05) is 24.5 Å². The van der Waals surface area contributed by atoms with Gasteiger partial charge >= 0.3 is 0 Å². The van der Waals surface area contributed by atoms with Gasteiger partial charge in [0.05, 0.1) is 11.2 Å². The van der Waals surface area contributed by atoms with Crippen molar-refractivity contribution >= 4 is 22.8 Å². The fourth-order valence-electron chi connectivity index (χ4n) is 5.09. The van der Waals surface area contributed by atoms with Crippen LogP contribution in [-0.4, -0.2) is 45.3 Å². The van der Waals surface area contributed by atoms with E-state index in [2.05, 4.69) is 49.2 Å². The lowest BCUT2D eigenvalue weighted by Gasteiger charge is -2.22. The van der Waals surface area contributed by atoms with Crippen LogP contribution in [0.25, 0.3) is 33.5 Å². The summed E-state index contributed by atoms with van der Waals surface area (Å²) in [7, 11) is 2.02. The summed E-state index contributed by atoms with van der Waals surface area (Å²) in [5.41, 5.74) is 3.96. The fourth-order valence-corrected chi connectivity index (χ4v) is 5.09. The first-order valence-electron chi connectivity index (χ1n) is 11.0. The SMILES string of the molecule is Cn1c(-c2cc(-c3ccccc3)nc3ccccc23)nnc1N1CCC2(CNC(=O)C2)C1. The molecule has 2 fully saturated rings. The number of pyridine rings is 1. The van der Waals surface area contributed by atoms with Crippen LogP contribution in [0.2, 0.25) is 0 Å². The number of anilines is 1. The minimum atomic E-state index is 0.0209. The van der Waals surface area contributed by atoms with Crippen molar-refractivity contribution in [1.82, 2.24) is 25.1 Å². The molecular formula is C25H24N6O. The average Bonchev–Trinajstić information content (AvgIpc) is 3.52. The van der Waals surface area contributed by atoms with Gasteiger partial charge in [0, 0.05) is 55.0 Å². The molecule has 2 aliphatic rings. The number of carbonyl (C=O) groups is 1. The third kappa shape index (κ3) is 3.04. The summed E-state index contributed by atoms with van der Waals surface area (Å²) in [6.07, 6.45) is 1.59. The zero-order chi connectivity index (χ0) is 21.7. The highest BCUT2D eigenvalue weighted by molar-refractivity contribution is 5.95. The molecule has 0 aliphatic carbocycles. The second-order valence-corrected chi connectivity index (χ2v) is 8.95. The Morgan fingerprint density at radius 1 is 1.03 bits per heavy atom. The Hall–Kier alpha value is -3.74. The van der Waals surface area contributed by atoms with E-state index in [-0.39, 0.29) is 11.3 Å². The summed E-state index contributed by atoms with van der Waals surface area (Å²) in [6.45, 7) is 2.46. The van der Waals surface area contributed by atoms with Crippen molar-refractivity contribution in [1.29, 1.82) is 0 Å². The highest BCUT2D eigenvalue weighted by Gasteiger charge is 2.44. The van der Waals surface area contributed by atoms with Crippen LogP contribution in [0.15, 0.2) is 60.7 Å². The lowest BCUT2D eigenvalue weighted by Crippen LogP contribution is -2.30. The van der Waals surface area contributed by atoms with Crippen LogP contribution < -0.4 is 10.2 Å². The molecule has 2 saturated heterocycles. The molecule has 2 aromatic carbocycles. The van der Waals surface area contributed by atoms with Gasteiger partial charge in [-0.25, -0.2) is 4.98 Å². The molecule has 1 amide bonds. The quantitative estimate of drug-likeness (QED) is 0.545. The molecule has 4 aromatic rings. The van der Waals surface area contributed by atoms with E-state index in [1.807, 2.05) is 43.4 Å². The number of rotatable bonds is 3. The number of hydrogen-bond acceptors (Lipinski definition) is 5. The Morgan fingerprint density at radius 3 is 2.66 bits per heavy atom. The molecule has 0 bridgehead atoms. The Kier molecular flexibility index (Phi) is 4.24. The first kappa shape index (κ1) is 19.0. The van der Waals surface area contributed by atoms with Crippen molar-refractivity contribution in [3.8, 4) is 22.6 Å². The molecule has 2 aromatic heterocycles. The Bertz CT molecular complexity index is 1330. The second-order valence-electron chi connectivity index (χ2n) is 8.95. The highest BCUT2D eigenvalue weighted by atomic mass is 16.1. The minimum absolute atomic E-state index is 0.0209. The zero-order valence-corrected chi connectivity index (χ0v) is 18.0. The van der Waals surface area contributed by atoms with Crippen LogP contribution in [-0.2, 0) is 11.8 Å². The standard InChI is InChI=1S/C25H24N6O/c1-30-23(28-29-24(30)31-12-11-25(16-31)14-22(32)26-15-25)19-13-21(17-7-3-2-4-8-17)27-20-10-6-5-9-18(19)20/h2-10,13H,11-12,14-16H2,1H3,(H,26,32). The zero-order valence-electron chi connectivity index (χ0n) is 18.0. The van der Waals surface area contributed by atoms with Gasteiger partial charge in [0.15, 0.2) is 5.82 Å². The third-order valence-corrected chi connectivity index (χ3v) is 6.80. The van der Waals surface area contributed by atoms with Gasteiger partial charge in [0.1, 0.15) is 0 Å². The second kappa shape index (κ2) is 7.15. The van der Waals surface area contributed by atoms with Crippen molar-refractivity contribution < 1.29 is 4.79 Å². The number of hydrogen-bond donors (Lipinski definition) is 1. The number of fused-ring (bicyclic) bond motifs is 1. The number of benzene rings is 2. The molecule has 0 saturated carbocycles. The first-order chi connectivity index (χ1) is 15.6. The summed E-state index contributed by atoms with van der Waals surface area (Å²) in [5.74, 6) is 1.82. The van der Waals surface area contributed by atoms with Crippen molar-refractivity contribution in [3.63, 3.8) is 0 Å². The summed E-state index contributed by atoms with van der Waals surface area (Å²) in [5, 5.41) is 13.2. The molecule has 1 atom stereocenters. The largest absolute Gasteiger partial charge is 0.355 e. The van der Waals surface area contributed by atoms with Crippen LogP contribution in [0, 0.1) is 5.41 Å². The first-order valence-corrected chi connectivity index (χ1v) is 11.0. The van der Waals surface area contributed by atoms with Gasteiger partial charge in [-0.05, 0) is 18.6 Å². The molecule has 2 aliphatic heterocycles. The van der Waals surface area contributed by atoms with Gasteiger partial charge in [-0.15, -0.1) is 10.2 Å². The van der Waals surface area contributed by atoms with Gasteiger partial charge < -0.3 is 10.2 Å². The molecule has 1 unspecified atom stereocenters. The van der Waals surface area contributed by atoms with Gasteiger partial charge in [-0.3, -0.25) is 9.36 Å². The predicted molar refractivity (Wildman–Crippen MR) is 124 cm³/mol. The maximum Gasteiger partial charge on any atom is 0.227 e. The maximum absolute atomic E-state index is 11.8. The average molecular weight is 425 g/mol. The van der Waals surface area contributed by atoms with Crippen LogP contribution >= 0.6 is 0 Å². The molecule has 4 heterocycles. The maximum atomic E-state index is 11.8. The van der Waals surface area contributed by atoms with E-state index in [1.54, 1.807) is 0 Å². The Labute approximate surface area is 186 Å². The number of para-hydroxylation sites is 1. The normalized spacial score (nSPS) is 20.4. The lowest BCUT2D eigenvalue weighted by molar-refractivity contribution is -0.119. The minimum Gasteiger partial charge on any atom is -0.355 e. The molecule has 7 heteroatoms. The smallest absolute Gasteiger partial charge is 0.227 e. The van der Waals surface area contributed by atoms with E-state index < -0.39 is 0 Å². The number of nitrogens with zero attached hydrogens (tertiary/aromatic N) is 5. The fraction of sp³-hybridized carbons (Fsp3) is 0.280. The van der Waals surface area contributed by atoms with E-state index in [0.29, 0.717) is 6.42 Å². The van der Waals surface area contributed by atoms with E-state index >= 15 is 0 Å². The van der Waals surface area contributed by atoms with E-state index in [9.17, 15) is 4.79 Å². The van der Waals surface area contributed by atoms with E-state index in [4.69, 9.17) is 4.98 Å². The number of amides is 1. The molecule has 0 radical (unpaired) electrons. The summed E-state index contributed by atoms with van der Waals surface area (Å²) >= 11 is 0. The molecule has 1 spiro atoms. The molecule has 6 rings (SSSR count). The highest BCUT2D eigenvalue weighted by Crippen LogP contribution is 2.39. The third-order valence-electron chi connectivity index (χ3n) is 6.80. The van der Waals surface area contributed by atoms with Crippen molar-refractivity contribution in [2.24, 2.45) is 12.5 Å². The summed E-state index contributed by atoms with van der Waals surface area (Å²) < 4.78 is 2.07. The van der Waals surface area contributed by atoms with Crippen LogP contribution in [0.3, 0.4) is 0 Å². The number of aromatic nitrogens is 4.